The minimum atomic E-state index is -1.34. The predicted octanol–water partition coefficient (Wildman–Crippen LogP) is 2.15. The minimum Gasteiger partial charge on any atom is -0.369 e. The highest BCUT2D eigenvalue weighted by Crippen LogP contribution is 2.24. The standard InChI is InChI=1S/C12H14F2N2O/c1-6-4-9(14)7(5-8(6)13)10(15)12(2,3)11(16)17/h4-5,15H,1-3H3,(H2,16,17). The lowest BCUT2D eigenvalue weighted by atomic mass is 9.82. The zero-order chi connectivity index (χ0) is 13.4. The quantitative estimate of drug-likeness (QED) is 0.781. The molecule has 0 radical (unpaired) electrons. The number of carbonyl (C=O) groups is 1. The van der Waals surface area contributed by atoms with Crippen molar-refractivity contribution in [3.8, 4) is 0 Å². The van der Waals surface area contributed by atoms with Crippen LogP contribution in [0.4, 0.5) is 8.78 Å². The fourth-order valence-electron chi connectivity index (χ4n) is 1.30. The first-order chi connectivity index (χ1) is 7.67. The summed E-state index contributed by atoms with van der Waals surface area (Å²) >= 11 is 0. The number of hydrogen-bond acceptors (Lipinski definition) is 2. The van der Waals surface area contributed by atoms with Gasteiger partial charge in [0, 0.05) is 5.56 Å². The third kappa shape index (κ3) is 2.33. The molecule has 0 atom stereocenters. The van der Waals surface area contributed by atoms with Crippen LogP contribution in [0.2, 0.25) is 0 Å². The highest BCUT2D eigenvalue weighted by Gasteiger charge is 2.33. The van der Waals surface area contributed by atoms with Crippen molar-refractivity contribution in [2.24, 2.45) is 11.1 Å². The van der Waals surface area contributed by atoms with Crippen LogP contribution in [0.5, 0.6) is 0 Å². The van der Waals surface area contributed by atoms with E-state index in [1.54, 1.807) is 0 Å². The number of primary amides is 1. The van der Waals surface area contributed by atoms with Gasteiger partial charge in [0.25, 0.3) is 0 Å². The lowest BCUT2D eigenvalue weighted by Gasteiger charge is -2.22. The van der Waals surface area contributed by atoms with Crippen molar-refractivity contribution in [2.45, 2.75) is 20.8 Å². The zero-order valence-electron chi connectivity index (χ0n) is 9.90. The van der Waals surface area contributed by atoms with Crippen molar-refractivity contribution >= 4 is 11.6 Å². The molecule has 0 aliphatic heterocycles. The molecular weight excluding hydrogens is 226 g/mol. The van der Waals surface area contributed by atoms with Gasteiger partial charge < -0.3 is 11.1 Å². The summed E-state index contributed by atoms with van der Waals surface area (Å²) in [5.41, 5.74) is 3.36. The van der Waals surface area contributed by atoms with Crippen LogP contribution in [0.3, 0.4) is 0 Å². The Bertz CT molecular complexity index is 496. The second-order valence-electron chi connectivity index (χ2n) is 4.45. The van der Waals surface area contributed by atoms with Crippen molar-refractivity contribution in [2.75, 3.05) is 0 Å². The Kier molecular flexibility index (Phi) is 3.31. The highest BCUT2D eigenvalue weighted by molar-refractivity contribution is 6.14. The van der Waals surface area contributed by atoms with Crippen molar-refractivity contribution in [1.29, 1.82) is 5.41 Å². The van der Waals surface area contributed by atoms with E-state index in [-0.39, 0.29) is 16.8 Å². The van der Waals surface area contributed by atoms with Crippen LogP contribution in [0.15, 0.2) is 12.1 Å². The number of rotatable bonds is 3. The molecule has 0 spiro atoms. The monoisotopic (exact) mass is 240 g/mol. The van der Waals surface area contributed by atoms with E-state index in [4.69, 9.17) is 11.1 Å². The Balaban J connectivity index is 3.31. The molecule has 0 aliphatic rings. The molecule has 0 saturated carbocycles. The summed E-state index contributed by atoms with van der Waals surface area (Å²) in [5.74, 6) is -2.11. The van der Waals surface area contributed by atoms with Gasteiger partial charge >= 0.3 is 0 Å². The van der Waals surface area contributed by atoms with Gasteiger partial charge in [-0.1, -0.05) is 0 Å². The van der Waals surface area contributed by atoms with Crippen LogP contribution >= 0.6 is 0 Å². The lowest BCUT2D eigenvalue weighted by molar-refractivity contribution is -0.122. The average molecular weight is 240 g/mol. The Morgan fingerprint density at radius 3 is 2.29 bits per heavy atom. The maximum atomic E-state index is 13.6. The van der Waals surface area contributed by atoms with E-state index in [0.29, 0.717) is 0 Å². The minimum absolute atomic E-state index is 0.149. The maximum absolute atomic E-state index is 13.6. The van der Waals surface area contributed by atoms with Crippen LogP contribution in [0.1, 0.15) is 25.0 Å². The van der Waals surface area contributed by atoms with Gasteiger partial charge in [0.1, 0.15) is 11.6 Å². The summed E-state index contributed by atoms with van der Waals surface area (Å²) in [6, 6.07) is 1.91. The molecule has 0 fully saturated rings. The Morgan fingerprint density at radius 1 is 1.29 bits per heavy atom. The van der Waals surface area contributed by atoms with Crippen LogP contribution in [-0.2, 0) is 4.79 Å². The second kappa shape index (κ2) is 4.24. The molecule has 1 amide bonds. The lowest BCUT2D eigenvalue weighted by Crippen LogP contribution is -2.39. The van der Waals surface area contributed by atoms with E-state index < -0.39 is 23.0 Å². The van der Waals surface area contributed by atoms with E-state index >= 15 is 0 Å². The van der Waals surface area contributed by atoms with Crippen LogP contribution in [0, 0.1) is 29.4 Å². The van der Waals surface area contributed by atoms with Gasteiger partial charge in [0.15, 0.2) is 0 Å². The zero-order valence-corrected chi connectivity index (χ0v) is 9.90. The molecule has 0 aliphatic carbocycles. The van der Waals surface area contributed by atoms with Crippen LogP contribution in [-0.4, -0.2) is 11.6 Å². The number of benzene rings is 1. The third-order valence-corrected chi connectivity index (χ3v) is 2.76. The first kappa shape index (κ1) is 13.3. The number of amides is 1. The topological polar surface area (TPSA) is 66.9 Å². The van der Waals surface area contributed by atoms with Crippen molar-refractivity contribution in [3.63, 3.8) is 0 Å². The van der Waals surface area contributed by atoms with Gasteiger partial charge in [0.2, 0.25) is 5.91 Å². The van der Waals surface area contributed by atoms with Crippen molar-refractivity contribution in [3.05, 3.63) is 34.9 Å². The number of aryl methyl sites for hydroxylation is 1. The van der Waals surface area contributed by atoms with E-state index in [2.05, 4.69) is 0 Å². The van der Waals surface area contributed by atoms with E-state index in [1.807, 2.05) is 0 Å². The smallest absolute Gasteiger partial charge is 0.229 e. The van der Waals surface area contributed by atoms with Crippen LogP contribution in [0.25, 0.3) is 0 Å². The number of hydrogen-bond donors (Lipinski definition) is 2. The van der Waals surface area contributed by atoms with Gasteiger partial charge in [-0.05, 0) is 38.5 Å². The molecule has 5 heteroatoms. The summed E-state index contributed by atoms with van der Waals surface area (Å²) < 4.78 is 26.9. The van der Waals surface area contributed by atoms with E-state index in [0.717, 1.165) is 12.1 Å². The molecule has 0 heterocycles. The van der Waals surface area contributed by atoms with E-state index in [1.165, 1.54) is 20.8 Å². The summed E-state index contributed by atoms with van der Waals surface area (Å²) in [5, 5.41) is 7.76. The van der Waals surface area contributed by atoms with Crippen molar-refractivity contribution in [1.82, 2.24) is 0 Å². The van der Waals surface area contributed by atoms with Gasteiger partial charge in [-0.25, -0.2) is 8.78 Å². The molecule has 17 heavy (non-hydrogen) atoms. The highest BCUT2D eigenvalue weighted by atomic mass is 19.1. The maximum Gasteiger partial charge on any atom is 0.229 e. The summed E-state index contributed by atoms with van der Waals surface area (Å²) in [7, 11) is 0. The molecule has 92 valence electrons. The Labute approximate surface area is 98.1 Å². The summed E-state index contributed by atoms with van der Waals surface area (Å²) in [4.78, 5) is 11.2. The average Bonchev–Trinajstić information content (AvgIpc) is 2.22. The molecule has 0 bridgehead atoms. The predicted molar refractivity (Wildman–Crippen MR) is 60.9 cm³/mol. The number of nitrogens with one attached hydrogen (secondary N) is 1. The molecular formula is C12H14F2N2O. The number of halogens is 2. The summed E-state index contributed by atoms with van der Waals surface area (Å²) in [6.07, 6.45) is 0. The largest absolute Gasteiger partial charge is 0.369 e. The fraction of sp³-hybridized carbons (Fsp3) is 0.333. The molecule has 0 unspecified atom stereocenters. The van der Waals surface area contributed by atoms with Gasteiger partial charge in [0.05, 0.1) is 11.1 Å². The number of nitrogens with two attached hydrogens (primary N) is 1. The molecule has 0 saturated heterocycles. The van der Waals surface area contributed by atoms with Crippen LogP contribution < -0.4 is 5.73 Å². The molecule has 3 nitrogen and oxygen atoms in total. The normalized spacial score (nSPS) is 11.4. The fourth-order valence-corrected chi connectivity index (χ4v) is 1.30. The number of carbonyl (C=O) groups excluding carboxylic acids is 1. The first-order valence-corrected chi connectivity index (χ1v) is 5.03. The third-order valence-electron chi connectivity index (χ3n) is 2.76. The van der Waals surface area contributed by atoms with Crippen molar-refractivity contribution < 1.29 is 13.6 Å². The molecule has 1 rings (SSSR count). The molecule has 1 aromatic carbocycles. The molecule has 3 N–H and O–H groups in total. The van der Waals surface area contributed by atoms with E-state index in [9.17, 15) is 13.6 Å². The van der Waals surface area contributed by atoms with Gasteiger partial charge in [-0.2, -0.15) is 0 Å². The van der Waals surface area contributed by atoms with Gasteiger partial charge in [-0.15, -0.1) is 0 Å². The Morgan fingerprint density at radius 2 is 1.82 bits per heavy atom. The first-order valence-electron chi connectivity index (χ1n) is 5.03. The molecule has 0 aromatic heterocycles. The second-order valence-corrected chi connectivity index (χ2v) is 4.45. The SMILES string of the molecule is Cc1cc(F)c(C(=N)C(C)(C)C(N)=O)cc1F. The molecule has 1 aromatic rings. The summed E-state index contributed by atoms with van der Waals surface area (Å²) in [6.45, 7) is 4.22. The Hall–Kier alpha value is -1.78. The van der Waals surface area contributed by atoms with Gasteiger partial charge in [-0.3, -0.25) is 4.79 Å².